The van der Waals surface area contributed by atoms with Crippen LogP contribution in [0.1, 0.15) is 32.3 Å². The molecule has 6 heteroatoms. The Bertz CT molecular complexity index is 598. The Hall–Kier alpha value is -2.37. The van der Waals surface area contributed by atoms with Crippen LogP contribution in [0.15, 0.2) is 30.3 Å². The number of rotatable bonds is 6. The monoisotopic (exact) mass is 317 g/mol. The number of nitrogens with one attached hydrogen (secondary N) is 1. The molecule has 124 valence electrons. The van der Waals surface area contributed by atoms with Crippen LogP contribution in [0, 0.1) is 0 Å². The van der Waals surface area contributed by atoms with Gasteiger partial charge in [-0.1, -0.05) is 30.3 Å². The lowest BCUT2D eigenvalue weighted by Crippen LogP contribution is -2.40. The fraction of sp³-hybridized carbons (Fsp3) is 0.471. The molecule has 23 heavy (non-hydrogen) atoms. The van der Waals surface area contributed by atoms with E-state index in [0.717, 1.165) is 5.56 Å². The second-order valence-corrected chi connectivity index (χ2v) is 6.35. The van der Waals surface area contributed by atoms with Gasteiger partial charge in [0.2, 0.25) is 5.91 Å². The van der Waals surface area contributed by atoms with Crippen LogP contribution in [0.3, 0.4) is 0 Å². The highest BCUT2D eigenvalue weighted by molar-refractivity contribution is 6.06. The van der Waals surface area contributed by atoms with E-state index in [0.29, 0.717) is 19.4 Å². The highest BCUT2D eigenvalue weighted by Gasteiger charge is 2.43. The molecule has 0 saturated carbocycles. The van der Waals surface area contributed by atoms with E-state index in [1.165, 1.54) is 4.90 Å². The number of imide groups is 1. The largest absolute Gasteiger partial charge is 0.341 e. The average molecular weight is 317 g/mol. The number of carbonyl (C=O) groups excluding carboxylic acids is 3. The van der Waals surface area contributed by atoms with Crippen molar-refractivity contribution in [2.75, 3.05) is 13.6 Å². The van der Waals surface area contributed by atoms with E-state index in [2.05, 4.69) is 5.32 Å². The number of urea groups is 1. The second-order valence-electron chi connectivity index (χ2n) is 6.35. The summed E-state index contributed by atoms with van der Waals surface area (Å²) < 4.78 is 0. The normalized spacial score (nSPS) is 16.4. The van der Waals surface area contributed by atoms with Crippen LogP contribution < -0.4 is 5.32 Å². The Balaban J connectivity index is 1.79. The molecule has 1 aliphatic rings. The maximum atomic E-state index is 12.1. The topological polar surface area (TPSA) is 69.7 Å². The summed E-state index contributed by atoms with van der Waals surface area (Å²) in [6.07, 6.45) is 0.772. The van der Waals surface area contributed by atoms with E-state index in [4.69, 9.17) is 0 Å². The van der Waals surface area contributed by atoms with Crippen molar-refractivity contribution in [2.45, 2.75) is 38.8 Å². The molecule has 1 N–H and O–H groups in total. The van der Waals surface area contributed by atoms with Gasteiger partial charge in [-0.2, -0.15) is 0 Å². The molecule has 0 atom stereocenters. The van der Waals surface area contributed by atoms with Crippen molar-refractivity contribution in [1.82, 2.24) is 15.1 Å². The molecular formula is C17H23N3O3. The molecule has 1 aromatic carbocycles. The molecule has 0 radical (unpaired) electrons. The van der Waals surface area contributed by atoms with Gasteiger partial charge in [0.15, 0.2) is 0 Å². The van der Waals surface area contributed by atoms with Crippen molar-refractivity contribution in [2.24, 2.45) is 0 Å². The number of amides is 4. The fourth-order valence-corrected chi connectivity index (χ4v) is 2.55. The van der Waals surface area contributed by atoms with E-state index in [1.54, 1.807) is 25.8 Å². The van der Waals surface area contributed by atoms with Crippen LogP contribution in [0.4, 0.5) is 4.79 Å². The summed E-state index contributed by atoms with van der Waals surface area (Å²) in [7, 11) is 1.76. The highest BCUT2D eigenvalue weighted by atomic mass is 16.2. The first-order chi connectivity index (χ1) is 10.8. The number of hydrogen-bond acceptors (Lipinski definition) is 3. The molecule has 0 spiro atoms. The third kappa shape index (κ3) is 4.09. The van der Waals surface area contributed by atoms with Crippen LogP contribution >= 0.6 is 0 Å². The first kappa shape index (κ1) is 17.0. The van der Waals surface area contributed by atoms with E-state index >= 15 is 0 Å². The number of hydrogen-bond donors (Lipinski definition) is 1. The first-order valence-corrected chi connectivity index (χ1v) is 7.73. The van der Waals surface area contributed by atoms with Crippen molar-refractivity contribution >= 4 is 17.8 Å². The third-order valence-electron chi connectivity index (χ3n) is 3.91. The minimum Gasteiger partial charge on any atom is -0.341 e. The van der Waals surface area contributed by atoms with Gasteiger partial charge in [0, 0.05) is 26.6 Å². The van der Waals surface area contributed by atoms with Crippen LogP contribution in [0.2, 0.25) is 0 Å². The summed E-state index contributed by atoms with van der Waals surface area (Å²) in [5.74, 6) is -0.243. The van der Waals surface area contributed by atoms with E-state index in [9.17, 15) is 14.4 Å². The molecule has 6 nitrogen and oxygen atoms in total. The van der Waals surface area contributed by atoms with Gasteiger partial charge in [-0.25, -0.2) is 4.79 Å². The minimum absolute atomic E-state index is 0.000155. The van der Waals surface area contributed by atoms with Crippen LogP contribution in [-0.2, 0) is 16.1 Å². The van der Waals surface area contributed by atoms with Gasteiger partial charge in [-0.05, 0) is 25.8 Å². The summed E-state index contributed by atoms with van der Waals surface area (Å²) in [5, 5.41) is 2.63. The standard InChI is InChI=1S/C17H23N3O3/c1-17(2)15(22)20(16(23)18-17)11-7-10-14(21)19(3)12-13-8-5-4-6-9-13/h4-6,8-9H,7,10-12H2,1-3H3,(H,18,23). The van der Waals surface area contributed by atoms with Crippen molar-refractivity contribution in [3.05, 3.63) is 35.9 Å². The smallest absolute Gasteiger partial charge is 0.325 e. The summed E-state index contributed by atoms with van der Waals surface area (Å²) in [6.45, 7) is 4.16. The lowest BCUT2D eigenvalue weighted by atomic mass is 10.1. The van der Waals surface area contributed by atoms with Crippen LogP contribution in [-0.4, -0.2) is 46.8 Å². The predicted molar refractivity (Wildman–Crippen MR) is 86.5 cm³/mol. The lowest BCUT2D eigenvalue weighted by Gasteiger charge is -2.19. The molecule has 1 heterocycles. The Kier molecular flexibility index (Phi) is 5.03. The Morgan fingerprint density at radius 3 is 2.43 bits per heavy atom. The van der Waals surface area contributed by atoms with Crippen LogP contribution in [0.5, 0.6) is 0 Å². The molecule has 0 aromatic heterocycles. The van der Waals surface area contributed by atoms with E-state index in [-0.39, 0.29) is 24.4 Å². The minimum atomic E-state index is -0.856. The van der Waals surface area contributed by atoms with Gasteiger partial charge in [0.25, 0.3) is 5.91 Å². The van der Waals surface area contributed by atoms with E-state index < -0.39 is 5.54 Å². The van der Waals surface area contributed by atoms with Crippen molar-refractivity contribution < 1.29 is 14.4 Å². The lowest BCUT2D eigenvalue weighted by molar-refractivity contribution is -0.132. The quantitative estimate of drug-likeness (QED) is 0.813. The predicted octanol–water partition coefficient (Wildman–Crippen LogP) is 1.76. The molecule has 1 aromatic rings. The zero-order valence-electron chi connectivity index (χ0n) is 13.8. The molecule has 1 fully saturated rings. The molecule has 1 aliphatic heterocycles. The second kappa shape index (κ2) is 6.81. The van der Waals surface area contributed by atoms with Gasteiger partial charge in [-0.15, -0.1) is 0 Å². The molecular weight excluding hydrogens is 294 g/mol. The number of carbonyl (C=O) groups is 3. The summed E-state index contributed by atoms with van der Waals surface area (Å²) >= 11 is 0. The van der Waals surface area contributed by atoms with Gasteiger partial charge >= 0.3 is 6.03 Å². The molecule has 2 rings (SSSR count). The summed E-state index contributed by atoms with van der Waals surface area (Å²) in [4.78, 5) is 38.8. The molecule has 0 unspecified atom stereocenters. The van der Waals surface area contributed by atoms with Gasteiger partial charge < -0.3 is 10.2 Å². The SMILES string of the molecule is CN(Cc1ccccc1)C(=O)CCCN1C(=O)NC(C)(C)C1=O. The maximum Gasteiger partial charge on any atom is 0.325 e. The zero-order chi connectivity index (χ0) is 17.0. The Morgan fingerprint density at radius 1 is 1.22 bits per heavy atom. The van der Waals surface area contributed by atoms with E-state index in [1.807, 2.05) is 30.3 Å². The van der Waals surface area contributed by atoms with Gasteiger partial charge in [-0.3, -0.25) is 14.5 Å². The molecule has 0 bridgehead atoms. The van der Waals surface area contributed by atoms with Crippen molar-refractivity contribution in [3.8, 4) is 0 Å². The summed E-state index contributed by atoms with van der Waals surface area (Å²) in [6, 6.07) is 9.37. The molecule has 4 amide bonds. The fourth-order valence-electron chi connectivity index (χ4n) is 2.55. The first-order valence-electron chi connectivity index (χ1n) is 7.73. The summed E-state index contributed by atoms with van der Waals surface area (Å²) in [5.41, 5.74) is 0.213. The number of benzene rings is 1. The van der Waals surface area contributed by atoms with Gasteiger partial charge in [0.05, 0.1) is 0 Å². The molecule has 1 saturated heterocycles. The van der Waals surface area contributed by atoms with Crippen LogP contribution in [0.25, 0.3) is 0 Å². The Labute approximate surface area is 136 Å². The molecule has 0 aliphatic carbocycles. The maximum absolute atomic E-state index is 12.1. The zero-order valence-corrected chi connectivity index (χ0v) is 13.8. The Morgan fingerprint density at radius 2 is 1.87 bits per heavy atom. The highest BCUT2D eigenvalue weighted by Crippen LogP contribution is 2.17. The average Bonchev–Trinajstić information content (AvgIpc) is 2.69. The van der Waals surface area contributed by atoms with Crippen molar-refractivity contribution in [1.29, 1.82) is 0 Å². The van der Waals surface area contributed by atoms with Crippen molar-refractivity contribution in [3.63, 3.8) is 0 Å². The van der Waals surface area contributed by atoms with Gasteiger partial charge in [0.1, 0.15) is 5.54 Å². The number of nitrogens with zero attached hydrogens (tertiary/aromatic N) is 2. The third-order valence-corrected chi connectivity index (χ3v) is 3.91.